The highest BCUT2D eigenvalue weighted by molar-refractivity contribution is 5.66. The summed E-state index contributed by atoms with van der Waals surface area (Å²) < 4.78 is 0. The summed E-state index contributed by atoms with van der Waals surface area (Å²) >= 11 is 0. The topological polar surface area (TPSA) is 109 Å². The number of rotatable bonds is 9. The van der Waals surface area contributed by atoms with Gasteiger partial charge in [-0.05, 0) is 61.5 Å². The first kappa shape index (κ1) is 24.7. The fourth-order valence-corrected chi connectivity index (χ4v) is 3.98. The molecule has 0 saturated heterocycles. The number of benzene rings is 1. The molecular weight excluding hydrogens is 368 g/mol. The number of aliphatic hydroxyl groups is 1. The molecule has 5 heteroatoms. The number of phenolic OH excluding ortho intramolecular Hbond substituents is 1. The van der Waals surface area contributed by atoms with Crippen LogP contribution < -0.4 is 0 Å². The van der Waals surface area contributed by atoms with Crippen molar-refractivity contribution < 1.29 is 25.6 Å². The van der Waals surface area contributed by atoms with Gasteiger partial charge in [-0.2, -0.15) is 0 Å². The molecule has 5 N–H and O–H groups in total. The van der Waals surface area contributed by atoms with Crippen LogP contribution in [-0.4, -0.2) is 32.9 Å². The van der Waals surface area contributed by atoms with Gasteiger partial charge >= 0.3 is 5.97 Å². The number of aliphatic carboxylic acids is 1. The second-order valence-electron chi connectivity index (χ2n) is 7.79. The largest absolute Gasteiger partial charge is 0.507 e. The predicted molar refractivity (Wildman–Crippen MR) is 115 cm³/mol. The number of carbonyl (C=O) groups is 1. The molecule has 0 aromatic heterocycles. The van der Waals surface area contributed by atoms with E-state index in [0.717, 1.165) is 30.4 Å². The van der Waals surface area contributed by atoms with Crippen LogP contribution in [0.15, 0.2) is 30.4 Å². The maximum absolute atomic E-state index is 10.8. The van der Waals surface area contributed by atoms with Crippen LogP contribution in [0.2, 0.25) is 0 Å². The number of hydrogen-bond donors (Lipinski definition) is 3. The minimum Gasteiger partial charge on any atom is -0.507 e. The van der Waals surface area contributed by atoms with E-state index in [1.54, 1.807) is 6.92 Å². The molecule has 1 aromatic carbocycles. The average molecular weight is 403 g/mol. The van der Waals surface area contributed by atoms with E-state index in [4.69, 9.17) is 5.11 Å². The van der Waals surface area contributed by atoms with Crippen LogP contribution in [-0.2, 0) is 11.2 Å². The van der Waals surface area contributed by atoms with Crippen molar-refractivity contribution in [2.24, 2.45) is 11.8 Å². The summed E-state index contributed by atoms with van der Waals surface area (Å²) in [7, 11) is 0. The quantitative estimate of drug-likeness (QED) is 0.431. The van der Waals surface area contributed by atoms with Crippen LogP contribution in [0.25, 0.3) is 0 Å². The van der Waals surface area contributed by atoms with Crippen molar-refractivity contribution >= 4 is 5.97 Å². The van der Waals surface area contributed by atoms with Gasteiger partial charge in [-0.15, -0.1) is 11.8 Å². The Hall–Kier alpha value is -2.29. The highest BCUT2D eigenvalue weighted by Gasteiger charge is 2.29. The fraction of sp³-hybridized carbons (Fsp3) is 0.542. The van der Waals surface area contributed by atoms with Crippen molar-refractivity contribution in [3.63, 3.8) is 0 Å². The summed E-state index contributed by atoms with van der Waals surface area (Å²) in [6.45, 7) is 3.80. The van der Waals surface area contributed by atoms with Crippen LogP contribution in [0.4, 0.5) is 0 Å². The maximum Gasteiger partial charge on any atom is 0.303 e. The van der Waals surface area contributed by atoms with E-state index >= 15 is 0 Å². The summed E-state index contributed by atoms with van der Waals surface area (Å²) in [6.07, 6.45) is 8.49. The first-order chi connectivity index (χ1) is 13.4. The molecule has 2 rings (SSSR count). The SMILES string of the molecule is CC#CCC(C)C(O)/C=C/C1CCC[C@@H]1c1cccc(CCCC(=O)O)c1O.O. The van der Waals surface area contributed by atoms with Crippen molar-refractivity contribution in [2.45, 2.75) is 70.8 Å². The van der Waals surface area contributed by atoms with Crippen molar-refractivity contribution in [3.05, 3.63) is 41.5 Å². The van der Waals surface area contributed by atoms with Gasteiger partial charge in [-0.1, -0.05) is 43.7 Å². The third-order valence-corrected chi connectivity index (χ3v) is 5.70. The number of carboxylic acid groups (broad SMARTS) is 1. The molecule has 1 aliphatic carbocycles. The van der Waals surface area contributed by atoms with Crippen LogP contribution in [0.1, 0.15) is 69.4 Å². The molecule has 1 saturated carbocycles. The molecule has 0 radical (unpaired) electrons. The lowest BCUT2D eigenvalue weighted by atomic mass is 9.86. The molecule has 3 unspecified atom stereocenters. The van der Waals surface area contributed by atoms with Crippen LogP contribution in [0.3, 0.4) is 0 Å². The lowest BCUT2D eigenvalue weighted by Crippen LogP contribution is -2.15. The molecule has 5 nitrogen and oxygen atoms in total. The zero-order valence-electron chi connectivity index (χ0n) is 17.4. The molecule has 29 heavy (non-hydrogen) atoms. The standard InChI is InChI=1S/C24H32O4.H2O/c1-3-4-8-17(2)22(25)16-15-18-9-5-12-20(18)21-13-6-10-19(24(21)28)11-7-14-23(26)27;/h6,10,13,15-18,20,22,25,28H,5,7-9,11-12,14H2,1-2H3,(H,26,27);1H2/b16-15+;/t17?,18?,20-,22?;/m0./s1. The maximum atomic E-state index is 10.8. The molecule has 0 amide bonds. The number of hydrogen-bond acceptors (Lipinski definition) is 3. The van der Waals surface area contributed by atoms with Gasteiger partial charge in [0.05, 0.1) is 6.10 Å². The van der Waals surface area contributed by atoms with Gasteiger partial charge < -0.3 is 20.8 Å². The molecule has 4 atom stereocenters. The Morgan fingerprint density at radius 1 is 1.34 bits per heavy atom. The summed E-state index contributed by atoms with van der Waals surface area (Å²) in [5, 5.41) is 29.9. The van der Waals surface area contributed by atoms with Gasteiger partial charge in [-0.3, -0.25) is 4.79 Å². The van der Waals surface area contributed by atoms with Crippen molar-refractivity contribution in [2.75, 3.05) is 0 Å². The molecule has 1 aromatic rings. The van der Waals surface area contributed by atoms with Gasteiger partial charge in [0.15, 0.2) is 0 Å². The number of aryl methyl sites for hydroxylation is 1. The molecular formula is C24H34O5. The van der Waals surface area contributed by atoms with E-state index in [-0.39, 0.29) is 23.7 Å². The number of phenols is 1. The van der Waals surface area contributed by atoms with Crippen molar-refractivity contribution in [3.8, 4) is 17.6 Å². The monoisotopic (exact) mass is 402 g/mol. The van der Waals surface area contributed by atoms with Gasteiger partial charge in [0, 0.05) is 12.8 Å². The second-order valence-corrected chi connectivity index (χ2v) is 7.79. The van der Waals surface area contributed by atoms with Gasteiger partial charge in [-0.25, -0.2) is 0 Å². The van der Waals surface area contributed by atoms with Crippen molar-refractivity contribution in [1.29, 1.82) is 0 Å². The smallest absolute Gasteiger partial charge is 0.303 e. The second kappa shape index (κ2) is 12.3. The Kier molecular flexibility index (Phi) is 10.5. The first-order valence-electron chi connectivity index (χ1n) is 10.2. The average Bonchev–Trinajstić information content (AvgIpc) is 3.13. The predicted octanol–water partition coefficient (Wildman–Crippen LogP) is 3.83. The van der Waals surface area contributed by atoms with Crippen LogP contribution in [0.5, 0.6) is 5.75 Å². The number of para-hydroxylation sites is 1. The molecule has 0 aliphatic heterocycles. The number of carboxylic acids is 1. The van der Waals surface area contributed by atoms with Crippen LogP contribution >= 0.6 is 0 Å². The zero-order chi connectivity index (χ0) is 20.5. The zero-order valence-corrected chi connectivity index (χ0v) is 17.4. The van der Waals surface area contributed by atoms with Gasteiger partial charge in [0.1, 0.15) is 5.75 Å². The normalized spacial score (nSPS) is 20.5. The van der Waals surface area contributed by atoms with E-state index in [1.807, 2.05) is 31.2 Å². The number of allylic oxidation sites excluding steroid dienone is 1. The Bertz CT molecular complexity index is 743. The number of aliphatic hydroxyl groups excluding tert-OH is 1. The van der Waals surface area contributed by atoms with E-state index in [9.17, 15) is 15.0 Å². The van der Waals surface area contributed by atoms with E-state index in [1.165, 1.54) is 0 Å². The molecule has 160 valence electrons. The summed E-state index contributed by atoms with van der Waals surface area (Å²) in [5.74, 6) is 5.99. The summed E-state index contributed by atoms with van der Waals surface area (Å²) in [4.78, 5) is 10.7. The third kappa shape index (κ3) is 7.23. The van der Waals surface area contributed by atoms with Crippen LogP contribution in [0, 0.1) is 23.7 Å². The summed E-state index contributed by atoms with van der Waals surface area (Å²) in [5.41, 5.74) is 1.76. The number of aromatic hydroxyl groups is 1. The van der Waals surface area contributed by atoms with Gasteiger partial charge in [0.25, 0.3) is 0 Å². The Balaban J connectivity index is 0.00000420. The third-order valence-electron chi connectivity index (χ3n) is 5.70. The van der Waals surface area contributed by atoms with Crippen molar-refractivity contribution in [1.82, 2.24) is 0 Å². The lowest BCUT2D eigenvalue weighted by molar-refractivity contribution is -0.137. The minimum absolute atomic E-state index is 0. The van der Waals surface area contributed by atoms with E-state index in [0.29, 0.717) is 30.9 Å². The Morgan fingerprint density at radius 2 is 2.10 bits per heavy atom. The van der Waals surface area contributed by atoms with Gasteiger partial charge in [0.2, 0.25) is 0 Å². The molecule has 0 spiro atoms. The highest BCUT2D eigenvalue weighted by Crippen LogP contribution is 2.44. The molecule has 0 bridgehead atoms. The minimum atomic E-state index is -0.811. The molecule has 0 heterocycles. The Morgan fingerprint density at radius 3 is 2.79 bits per heavy atom. The molecule has 1 aliphatic rings. The highest BCUT2D eigenvalue weighted by atomic mass is 16.4. The lowest BCUT2D eigenvalue weighted by Gasteiger charge is -2.21. The summed E-state index contributed by atoms with van der Waals surface area (Å²) in [6, 6.07) is 5.80. The van der Waals surface area contributed by atoms with E-state index < -0.39 is 12.1 Å². The fourth-order valence-electron chi connectivity index (χ4n) is 3.98. The molecule has 1 fully saturated rings. The van der Waals surface area contributed by atoms with E-state index in [2.05, 4.69) is 17.9 Å². The first-order valence-corrected chi connectivity index (χ1v) is 10.2. The Labute approximate surface area is 173 Å².